The molecule has 1 aliphatic rings. The third-order valence-electron chi connectivity index (χ3n) is 4.47. The molecule has 2 aromatic rings. The van der Waals surface area contributed by atoms with E-state index in [-0.39, 0.29) is 18.3 Å². The van der Waals surface area contributed by atoms with E-state index in [1.54, 1.807) is 43.5 Å². The second-order valence-corrected chi connectivity index (χ2v) is 6.47. The molecule has 1 aliphatic carbocycles. The van der Waals surface area contributed by atoms with Crippen LogP contribution in [0.25, 0.3) is 0 Å². The maximum atomic E-state index is 12.8. The first-order valence-corrected chi connectivity index (χ1v) is 9.01. The Balaban J connectivity index is 1.73. The summed E-state index contributed by atoms with van der Waals surface area (Å²) in [4.78, 5) is 25.2. The zero-order valence-electron chi connectivity index (χ0n) is 15.3. The van der Waals surface area contributed by atoms with Gasteiger partial charge in [0.1, 0.15) is 5.75 Å². The van der Waals surface area contributed by atoms with Crippen molar-refractivity contribution in [3.8, 4) is 5.75 Å². The Bertz CT molecular complexity index is 816. The predicted octanol–water partition coefficient (Wildman–Crippen LogP) is 4.27. The largest absolute Gasteiger partial charge is 0.497 e. The summed E-state index contributed by atoms with van der Waals surface area (Å²) >= 11 is 0. The number of rotatable bonds is 7. The fourth-order valence-electron chi connectivity index (χ4n) is 3.07. The number of esters is 1. The first-order valence-electron chi connectivity index (χ1n) is 9.01. The van der Waals surface area contributed by atoms with Gasteiger partial charge in [0.2, 0.25) is 6.10 Å². The third-order valence-corrected chi connectivity index (χ3v) is 4.47. The number of allylic oxidation sites excluding steroid dienone is 2. The molecule has 0 bridgehead atoms. The number of benzene rings is 2. The molecule has 0 aromatic heterocycles. The maximum absolute atomic E-state index is 12.8. The Labute approximate surface area is 159 Å². The van der Waals surface area contributed by atoms with E-state index >= 15 is 0 Å². The molecule has 5 nitrogen and oxygen atoms in total. The molecule has 27 heavy (non-hydrogen) atoms. The van der Waals surface area contributed by atoms with Crippen LogP contribution in [0.15, 0.2) is 66.7 Å². The molecule has 2 aromatic carbocycles. The molecule has 0 spiro atoms. The van der Waals surface area contributed by atoms with Gasteiger partial charge in [0.25, 0.3) is 5.91 Å². The Morgan fingerprint density at radius 3 is 2.67 bits per heavy atom. The fourth-order valence-corrected chi connectivity index (χ4v) is 3.07. The minimum Gasteiger partial charge on any atom is -0.497 e. The molecule has 0 radical (unpaired) electrons. The highest BCUT2D eigenvalue weighted by atomic mass is 16.5. The lowest BCUT2D eigenvalue weighted by molar-refractivity contribution is -0.155. The van der Waals surface area contributed by atoms with E-state index in [1.165, 1.54) is 0 Å². The van der Waals surface area contributed by atoms with Crippen molar-refractivity contribution in [3.05, 3.63) is 72.3 Å². The van der Waals surface area contributed by atoms with E-state index in [2.05, 4.69) is 11.4 Å². The number of hydrogen-bond donors (Lipinski definition) is 1. The second-order valence-electron chi connectivity index (χ2n) is 6.47. The molecule has 0 unspecified atom stereocenters. The highest BCUT2D eigenvalue weighted by Crippen LogP contribution is 2.25. The Kier molecular flexibility index (Phi) is 6.26. The average molecular weight is 365 g/mol. The van der Waals surface area contributed by atoms with Crippen LogP contribution in [0.4, 0.5) is 5.69 Å². The topological polar surface area (TPSA) is 64.6 Å². The summed E-state index contributed by atoms with van der Waals surface area (Å²) in [6, 6.07) is 16.1. The lowest BCUT2D eigenvalue weighted by Gasteiger charge is -2.19. The van der Waals surface area contributed by atoms with Crippen LogP contribution in [0, 0.1) is 5.92 Å². The van der Waals surface area contributed by atoms with Gasteiger partial charge >= 0.3 is 5.97 Å². The number of nitrogens with one attached hydrogen (secondary N) is 1. The van der Waals surface area contributed by atoms with E-state index < -0.39 is 12.0 Å². The van der Waals surface area contributed by atoms with Crippen molar-refractivity contribution >= 4 is 17.6 Å². The summed E-state index contributed by atoms with van der Waals surface area (Å²) in [5.74, 6) is 0.0513. The summed E-state index contributed by atoms with van der Waals surface area (Å²) < 4.78 is 10.8. The standard InChI is InChI=1S/C22H23NO4/c1-26-19-13-7-12-18(15-19)23-22(25)21(17-10-3-2-4-11-17)27-20(24)14-16-8-5-6-9-16/h2-5,7-8,10-13,15-16,21H,6,9,14H2,1H3,(H,23,25)/t16-,21-/m0/s1. The van der Waals surface area contributed by atoms with Crippen molar-refractivity contribution in [3.63, 3.8) is 0 Å². The summed E-state index contributed by atoms with van der Waals surface area (Å²) in [5.41, 5.74) is 1.21. The third kappa shape index (κ3) is 5.20. The van der Waals surface area contributed by atoms with Gasteiger partial charge < -0.3 is 14.8 Å². The SMILES string of the molecule is COc1cccc(NC(=O)[C@@H](OC(=O)C[C@H]2C=CCC2)c2ccccc2)c1. The zero-order valence-corrected chi connectivity index (χ0v) is 15.3. The summed E-state index contributed by atoms with van der Waals surface area (Å²) in [6.07, 6.45) is 5.32. The molecule has 140 valence electrons. The zero-order chi connectivity index (χ0) is 19.1. The van der Waals surface area contributed by atoms with Gasteiger partial charge in [0.15, 0.2) is 0 Å². The van der Waals surface area contributed by atoms with E-state index in [1.807, 2.05) is 24.3 Å². The van der Waals surface area contributed by atoms with Gasteiger partial charge in [0.05, 0.1) is 13.5 Å². The minimum absolute atomic E-state index is 0.190. The monoisotopic (exact) mass is 365 g/mol. The average Bonchev–Trinajstić information content (AvgIpc) is 3.19. The van der Waals surface area contributed by atoms with Gasteiger partial charge in [-0.3, -0.25) is 9.59 Å². The van der Waals surface area contributed by atoms with Crippen LogP contribution >= 0.6 is 0 Å². The van der Waals surface area contributed by atoms with Crippen LogP contribution in [-0.4, -0.2) is 19.0 Å². The smallest absolute Gasteiger partial charge is 0.307 e. The highest BCUT2D eigenvalue weighted by molar-refractivity contribution is 5.96. The molecule has 0 aliphatic heterocycles. The van der Waals surface area contributed by atoms with Crippen molar-refractivity contribution in [2.45, 2.75) is 25.4 Å². The molecule has 1 amide bonds. The number of hydrogen-bond acceptors (Lipinski definition) is 4. The minimum atomic E-state index is -1.00. The van der Waals surface area contributed by atoms with Gasteiger partial charge in [-0.1, -0.05) is 48.6 Å². The van der Waals surface area contributed by atoms with E-state index in [0.717, 1.165) is 12.8 Å². The molecule has 1 N–H and O–H groups in total. The number of methoxy groups -OCH3 is 1. The fraction of sp³-hybridized carbons (Fsp3) is 0.273. The number of amides is 1. The lowest BCUT2D eigenvalue weighted by atomic mass is 10.1. The second kappa shape index (κ2) is 9.03. The molecule has 0 saturated heterocycles. The first kappa shape index (κ1) is 18.7. The maximum Gasteiger partial charge on any atom is 0.307 e. The van der Waals surface area contributed by atoms with Gasteiger partial charge in [-0.05, 0) is 30.9 Å². The van der Waals surface area contributed by atoms with E-state index in [9.17, 15) is 9.59 Å². The van der Waals surface area contributed by atoms with E-state index in [0.29, 0.717) is 17.0 Å². The molecule has 0 heterocycles. The normalized spacial score (nSPS) is 16.6. The summed E-state index contributed by atoms with van der Waals surface area (Å²) in [7, 11) is 1.56. The van der Waals surface area contributed by atoms with Crippen LogP contribution in [0.5, 0.6) is 5.75 Å². The quantitative estimate of drug-likeness (QED) is 0.588. The number of carbonyl (C=O) groups excluding carboxylic acids is 2. The highest BCUT2D eigenvalue weighted by Gasteiger charge is 2.26. The van der Waals surface area contributed by atoms with Crippen molar-refractivity contribution < 1.29 is 19.1 Å². The Morgan fingerprint density at radius 2 is 1.96 bits per heavy atom. The summed E-state index contributed by atoms with van der Waals surface area (Å²) in [5, 5.41) is 2.80. The van der Waals surface area contributed by atoms with Crippen LogP contribution < -0.4 is 10.1 Å². The Hall–Kier alpha value is -3.08. The van der Waals surface area contributed by atoms with Crippen molar-refractivity contribution in [2.24, 2.45) is 5.92 Å². The first-order chi connectivity index (χ1) is 13.2. The van der Waals surface area contributed by atoms with Gasteiger partial charge in [0, 0.05) is 17.3 Å². The van der Waals surface area contributed by atoms with Crippen LogP contribution in [0.2, 0.25) is 0 Å². The molecular weight excluding hydrogens is 342 g/mol. The van der Waals surface area contributed by atoms with Gasteiger partial charge in [-0.2, -0.15) is 0 Å². The van der Waals surface area contributed by atoms with E-state index in [4.69, 9.17) is 9.47 Å². The van der Waals surface area contributed by atoms with Crippen LogP contribution in [-0.2, 0) is 14.3 Å². The summed E-state index contributed by atoms with van der Waals surface area (Å²) in [6.45, 7) is 0. The molecule has 0 fully saturated rings. The lowest BCUT2D eigenvalue weighted by Crippen LogP contribution is -2.26. The van der Waals surface area contributed by atoms with Crippen LogP contribution in [0.3, 0.4) is 0 Å². The van der Waals surface area contributed by atoms with Gasteiger partial charge in [-0.15, -0.1) is 0 Å². The number of carbonyl (C=O) groups is 2. The number of anilines is 1. The Morgan fingerprint density at radius 1 is 1.15 bits per heavy atom. The molecule has 2 atom stereocenters. The molecule has 3 rings (SSSR count). The number of ether oxygens (including phenoxy) is 2. The van der Waals surface area contributed by atoms with Crippen molar-refractivity contribution in [2.75, 3.05) is 12.4 Å². The van der Waals surface area contributed by atoms with Crippen LogP contribution in [0.1, 0.15) is 30.9 Å². The van der Waals surface area contributed by atoms with Crippen molar-refractivity contribution in [1.82, 2.24) is 0 Å². The van der Waals surface area contributed by atoms with Crippen molar-refractivity contribution in [1.29, 1.82) is 0 Å². The van der Waals surface area contributed by atoms with Gasteiger partial charge in [-0.25, -0.2) is 0 Å². The molecular formula is C22H23NO4. The molecule has 0 saturated carbocycles. The predicted molar refractivity (Wildman–Crippen MR) is 103 cm³/mol. The molecule has 5 heteroatoms.